The van der Waals surface area contributed by atoms with E-state index in [0.29, 0.717) is 22.1 Å². The summed E-state index contributed by atoms with van der Waals surface area (Å²) in [4.78, 5) is 34.0. The molecule has 0 heterocycles. The fourth-order valence-corrected chi connectivity index (χ4v) is 5.11. The van der Waals surface area contributed by atoms with Crippen molar-refractivity contribution < 1.29 is 14.4 Å². The molecule has 0 spiro atoms. The standard InChI is InChI=1S/C17H24OS.C14H18O2S/c1-14(16-9-7-15(13-18)8-10-16)19-12-6-5-11-17(2,3)4;1-14(2,3)8-9-17-13(16)12-6-4-11(10-15)5-7-12/h7-10,13H,1,5-6,11-12H2,2-4H3;4-7,10H,8-9H2,1-3H3. The lowest BCUT2D eigenvalue weighted by Gasteiger charge is -2.17. The van der Waals surface area contributed by atoms with Crippen molar-refractivity contribution in [2.75, 3.05) is 11.5 Å². The van der Waals surface area contributed by atoms with E-state index < -0.39 is 0 Å². The average molecular weight is 527 g/mol. The highest BCUT2D eigenvalue weighted by Gasteiger charge is 2.12. The average Bonchev–Trinajstić information content (AvgIpc) is 2.82. The lowest BCUT2D eigenvalue weighted by atomic mass is 9.90. The molecule has 0 saturated heterocycles. The summed E-state index contributed by atoms with van der Waals surface area (Å²) in [6, 6.07) is 14.4. The number of carbonyl (C=O) groups excluding carboxylic acids is 3. The summed E-state index contributed by atoms with van der Waals surface area (Å²) in [6.45, 7) is 17.4. The van der Waals surface area contributed by atoms with Crippen molar-refractivity contribution >= 4 is 46.1 Å². The van der Waals surface area contributed by atoms with Crippen LogP contribution in [0.15, 0.2) is 55.1 Å². The van der Waals surface area contributed by atoms with Gasteiger partial charge in [0.15, 0.2) is 0 Å². The summed E-state index contributed by atoms with van der Waals surface area (Å²) in [7, 11) is 0. The zero-order valence-electron chi connectivity index (χ0n) is 22.8. The van der Waals surface area contributed by atoms with Gasteiger partial charge in [-0.3, -0.25) is 14.4 Å². The van der Waals surface area contributed by atoms with Crippen LogP contribution in [0, 0.1) is 10.8 Å². The highest BCUT2D eigenvalue weighted by molar-refractivity contribution is 8.14. The minimum atomic E-state index is 0.0756. The maximum Gasteiger partial charge on any atom is 0.219 e. The minimum absolute atomic E-state index is 0.0756. The molecular weight excluding hydrogens is 484 g/mol. The highest BCUT2D eigenvalue weighted by Crippen LogP contribution is 2.28. The van der Waals surface area contributed by atoms with Gasteiger partial charge in [-0.05, 0) is 53.5 Å². The minimum Gasteiger partial charge on any atom is -0.298 e. The maximum absolute atomic E-state index is 11.8. The summed E-state index contributed by atoms with van der Waals surface area (Å²) in [5.74, 6) is 1.95. The maximum atomic E-state index is 11.8. The Morgan fingerprint density at radius 1 is 0.694 bits per heavy atom. The monoisotopic (exact) mass is 526 g/mol. The number of hydrogen-bond donors (Lipinski definition) is 0. The normalized spacial score (nSPS) is 11.3. The molecule has 2 rings (SSSR count). The van der Waals surface area contributed by atoms with E-state index in [1.165, 1.54) is 31.0 Å². The smallest absolute Gasteiger partial charge is 0.219 e. The molecule has 0 bridgehead atoms. The predicted octanol–water partition coefficient (Wildman–Crippen LogP) is 9.23. The van der Waals surface area contributed by atoms with E-state index in [0.717, 1.165) is 41.0 Å². The van der Waals surface area contributed by atoms with Crippen LogP contribution >= 0.6 is 23.5 Å². The lowest BCUT2D eigenvalue weighted by Crippen LogP contribution is -2.07. The van der Waals surface area contributed by atoms with Gasteiger partial charge < -0.3 is 0 Å². The molecular formula is C31H42O3S2. The fourth-order valence-electron chi connectivity index (χ4n) is 3.01. The van der Waals surface area contributed by atoms with Gasteiger partial charge in [0.05, 0.1) is 0 Å². The number of benzene rings is 2. The Hall–Kier alpha value is -2.11. The van der Waals surface area contributed by atoms with Crippen molar-refractivity contribution in [2.45, 2.75) is 67.2 Å². The van der Waals surface area contributed by atoms with Crippen LogP contribution in [0.5, 0.6) is 0 Å². The van der Waals surface area contributed by atoms with Gasteiger partial charge in [-0.15, -0.1) is 11.8 Å². The van der Waals surface area contributed by atoms with Gasteiger partial charge in [0.1, 0.15) is 12.6 Å². The summed E-state index contributed by atoms with van der Waals surface area (Å²) in [6.07, 6.45) is 6.43. The Labute approximate surface area is 226 Å². The van der Waals surface area contributed by atoms with Crippen LogP contribution < -0.4 is 0 Å². The number of thioether (sulfide) groups is 2. The Bertz CT molecular complexity index is 963. The summed E-state index contributed by atoms with van der Waals surface area (Å²) in [5, 5.41) is 0.0756. The van der Waals surface area contributed by atoms with E-state index in [4.69, 9.17) is 0 Å². The van der Waals surface area contributed by atoms with Gasteiger partial charge in [-0.1, -0.05) is 103 Å². The third-order valence-corrected chi connectivity index (χ3v) is 7.32. The lowest BCUT2D eigenvalue weighted by molar-refractivity contribution is 0.108. The Balaban J connectivity index is 0.000000362. The molecule has 2 aromatic carbocycles. The van der Waals surface area contributed by atoms with Crippen LogP contribution in [0.3, 0.4) is 0 Å². The van der Waals surface area contributed by atoms with E-state index in [2.05, 4.69) is 48.1 Å². The number of carbonyl (C=O) groups is 3. The molecule has 3 nitrogen and oxygen atoms in total. The van der Waals surface area contributed by atoms with Crippen molar-refractivity contribution in [3.05, 3.63) is 77.4 Å². The van der Waals surface area contributed by atoms with Crippen LogP contribution in [0.4, 0.5) is 0 Å². The van der Waals surface area contributed by atoms with Gasteiger partial charge in [0, 0.05) is 27.3 Å². The van der Waals surface area contributed by atoms with Gasteiger partial charge in [-0.25, -0.2) is 0 Å². The Kier molecular flexibility index (Phi) is 14.1. The van der Waals surface area contributed by atoms with Crippen molar-refractivity contribution in [3.8, 4) is 0 Å². The second-order valence-corrected chi connectivity index (χ2v) is 13.5. The molecule has 0 aromatic heterocycles. The second-order valence-electron chi connectivity index (χ2n) is 11.2. The topological polar surface area (TPSA) is 51.2 Å². The van der Waals surface area contributed by atoms with E-state index >= 15 is 0 Å². The first-order valence-electron chi connectivity index (χ1n) is 12.4. The first-order valence-corrected chi connectivity index (χ1v) is 14.4. The van der Waals surface area contributed by atoms with Crippen LogP contribution in [0.25, 0.3) is 4.91 Å². The second kappa shape index (κ2) is 15.9. The van der Waals surface area contributed by atoms with E-state index in [9.17, 15) is 14.4 Å². The molecule has 0 N–H and O–H groups in total. The molecule has 0 aliphatic rings. The first kappa shape index (κ1) is 31.9. The molecule has 196 valence electrons. The van der Waals surface area contributed by atoms with Gasteiger partial charge in [0.2, 0.25) is 5.12 Å². The van der Waals surface area contributed by atoms with Gasteiger partial charge >= 0.3 is 0 Å². The molecule has 0 aliphatic carbocycles. The molecule has 0 unspecified atom stereocenters. The molecule has 0 atom stereocenters. The van der Waals surface area contributed by atoms with E-state index in [1.54, 1.807) is 24.3 Å². The van der Waals surface area contributed by atoms with E-state index in [1.807, 2.05) is 36.0 Å². The van der Waals surface area contributed by atoms with Crippen molar-refractivity contribution in [3.63, 3.8) is 0 Å². The molecule has 0 fully saturated rings. The molecule has 0 amide bonds. The molecule has 0 aliphatic heterocycles. The molecule has 0 saturated carbocycles. The fraction of sp³-hybridized carbons (Fsp3) is 0.452. The predicted molar refractivity (Wildman–Crippen MR) is 159 cm³/mol. The number of aldehydes is 2. The van der Waals surface area contributed by atoms with Gasteiger partial charge in [-0.2, -0.15) is 0 Å². The largest absolute Gasteiger partial charge is 0.298 e. The van der Waals surface area contributed by atoms with Crippen LogP contribution in [-0.4, -0.2) is 29.2 Å². The summed E-state index contributed by atoms with van der Waals surface area (Å²) >= 11 is 3.15. The Morgan fingerprint density at radius 2 is 1.17 bits per heavy atom. The molecule has 36 heavy (non-hydrogen) atoms. The van der Waals surface area contributed by atoms with Crippen molar-refractivity contribution in [1.82, 2.24) is 0 Å². The SMILES string of the molecule is C=C(SCCCCC(C)(C)C)c1ccc(C=O)cc1.CC(C)(C)CCSC(=O)c1ccc(C=O)cc1. The summed E-state index contributed by atoms with van der Waals surface area (Å²) < 4.78 is 0. The third kappa shape index (κ3) is 14.4. The van der Waals surface area contributed by atoms with Crippen LogP contribution in [-0.2, 0) is 0 Å². The number of hydrogen-bond acceptors (Lipinski definition) is 5. The van der Waals surface area contributed by atoms with Crippen LogP contribution in [0.1, 0.15) is 104 Å². The molecule has 2 aromatic rings. The van der Waals surface area contributed by atoms with Crippen LogP contribution in [0.2, 0.25) is 0 Å². The zero-order valence-corrected chi connectivity index (χ0v) is 24.4. The molecule has 5 heteroatoms. The summed E-state index contributed by atoms with van der Waals surface area (Å²) in [5.41, 5.74) is 3.79. The van der Waals surface area contributed by atoms with Crippen molar-refractivity contribution in [1.29, 1.82) is 0 Å². The Morgan fingerprint density at radius 3 is 1.61 bits per heavy atom. The van der Waals surface area contributed by atoms with E-state index in [-0.39, 0.29) is 10.5 Å². The highest BCUT2D eigenvalue weighted by atomic mass is 32.2. The quantitative estimate of drug-likeness (QED) is 0.216. The van der Waals surface area contributed by atoms with Gasteiger partial charge in [0.25, 0.3) is 0 Å². The molecule has 0 radical (unpaired) electrons. The third-order valence-electron chi connectivity index (χ3n) is 5.33. The number of unbranched alkanes of at least 4 members (excludes halogenated alkanes) is 1. The number of rotatable bonds is 11. The first-order chi connectivity index (χ1) is 16.8. The van der Waals surface area contributed by atoms with Crippen molar-refractivity contribution in [2.24, 2.45) is 10.8 Å². The zero-order chi connectivity index (χ0) is 27.2.